The molecule has 1 saturated heterocycles. The zero-order chi connectivity index (χ0) is 19.5. The minimum Gasteiger partial charge on any atom is -0.356 e. The minimum atomic E-state index is 0.0394. The van der Waals surface area contributed by atoms with Crippen molar-refractivity contribution < 1.29 is 4.79 Å². The van der Waals surface area contributed by atoms with Crippen molar-refractivity contribution in [1.29, 1.82) is 0 Å². The van der Waals surface area contributed by atoms with Gasteiger partial charge in [0.05, 0.1) is 24.1 Å². The number of guanidine groups is 1. The lowest BCUT2D eigenvalue weighted by Crippen LogP contribution is -2.55. The van der Waals surface area contributed by atoms with E-state index in [1.807, 2.05) is 60.1 Å². The summed E-state index contributed by atoms with van der Waals surface area (Å²) < 4.78 is 3.68. The van der Waals surface area contributed by atoms with Gasteiger partial charge < -0.3 is 19.5 Å². The quantitative estimate of drug-likeness (QED) is 0.537. The summed E-state index contributed by atoms with van der Waals surface area (Å²) in [6.07, 6.45) is 7.53. The average Bonchev–Trinajstić information content (AvgIpc) is 3.30. The predicted molar refractivity (Wildman–Crippen MR) is 107 cm³/mol. The third kappa shape index (κ3) is 3.68. The Hall–Kier alpha value is -3.36. The normalized spacial score (nSPS) is 15.5. The summed E-state index contributed by atoms with van der Waals surface area (Å²) in [5.74, 6) is 0.774. The van der Waals surface area contributed by atoms with Crippen molar-refractivity contribution in [2.24, 2.45) is 12.0 Å². The van der Waals surface area contributed by atoms with E-state index in [2.05, 4.69) is 15.4 Å². The lowest BCUT2D eigenvalue weighted by atomic mass is 10.3. The molecule has 1 fully saturated rings. The first-order valence-electron chi connectivity index (χ1n) is 9.39. The summed E-state index contributed by atoms with van der Waals surface area (Å²) in [4.78, 5) is 25.7. The molecule has 3 aromatic rings. The number of nitrogens with one attached hydrogen (secondary N) is 1. The Bertz CT molecular complexity index is 971. The Morgan fingerprint density at radius 1 is 1.29 bits per heavy atom. The van der Waals surface area contributed by atoms with Crippen LogP contribution in [0.1, 0.15) is 12.6 Å². The van der Waals surface area contributed by atoms with E-state index in [1.54, 1.807) is 15.8 Å². The highest BCUT2D eigenvalue weighted by Gasteiger charge is 2.27. The Kier molecular flexibility index (Phi) is 4.96. The molecule has 1 amide bonds. The molecule has 4 rings (SSSR count). The van der Waals surface area contributed by atoms with Gasteiger partial charge in [-0.3, -0.25) is 9.48 Å². The van der Waals surface area contributed by atoms with Crippen molar-refractivity contribution in [3.8, 4) is 0 Å². The van der Waals surface area contributed by atoms with Crippen LogP contribution in [0, 0.1) is 0 Å². The zero-order valence-electron chi connectivity index (χ0n) is 16.1. The summed E-state index contributed by atoms with van der Waals surface area (Å²) in [6.45, 7) is 4.81. The molecule has 9 heteroatoms. The van der Waals surface area contributed by atoms with Gasteiger partial charge in [0.15, 0.2) is 5.96 Å². The van der Waals surface area contributed by atoms with E-state index >= 15 is 0 Å². The second kappa shape index (κ2) is 7.71. The number of amides is 1. The molecular formula is C19H24N8O. The fraction of sp³-hybridized carbons (Fsp3) is 0.368. The fourth-order valence-corrected chi connectivity index (χ4v) is 3.32. The molecule has 0 atom stereocenters. The van der Waals surface area contributed by atoms with E-state index in [-0.39, 0.29) is 12.5 Å². The number of hydrogen-bond donors (Lipinski definition) is 1. The third-order valence-corrected chi connectivity index (χ3v) is 4.66. The summed E-state index contributed by atoms with van der Waals surface area (Å²) in [5, 5.41) is 7.44. The number of carbonyl (C=O) groups excluding carboxylic acids is 1. The molecule has 3 aromatic heterocycles. The predicted octanol–water partition coefficient (Wildman–Crippen LogP) is 0.882. The third-order valence-electron chi connectivity index (χ3n) is 4.66. The Labute approximate surface area is 163 Å². The van der Waals surface area contributed by atoms with Gasteiger partial charge in [-0.05, 0) is 19.1 Å². The molecule has 0 bridgehead atoms. The summed E-state index contributed by atoms with van der Waals surface area (Å²) in [7, 11) is 1.85. The number of aryl methyl sites for hydroxylation is 1. The minimum absolute atomic E-state index is 0.0394. The molecule has 0 aromatic carbocycles. The van der Waals surface area contributed by atoms with Crippen molar-refractivity contribution in [3.05, 3.63) is 48.7 Å². The van der Waals surface area contributed by atoms with Crippen LogP contribution < -0.4 is 10.2 Å². The average molecular weight is 380 g/mol. The maximum absolute atomic E-state index is 12.7. The second-order valence-electron chi connectivity index (χ2n) is 6.71. The molecular weight excluding hydrogens is 356 g/mol. The van der Waals surface area contributed by atoms with Crippen molar-refractivity contribution in [3.63, 3.8) is 0 Å². The number of fused-ring (bicyclic) bond motifs is 1. The van der Waals surface area contributed by atoms with E-state index in [0.717, 1.165) is 29.5 Å². The zero-order valence-corrected chi connectivity index (χ0v) is 16.1. The van der Waals surface area contributed by atoms with Crippen LogP contribution >= 0.6 is 0 Å². The first-order chi connectivity index (χ1) is 13.6. The number of nitrogens with zero attached hydrogens (tertiary/aromatic N) is 7. The molecule has 0 radical (unpaired) electrons. The van der Waals surface area contributed by atoms with Crippen molar-refractivity contribution in [2.75, 3.05) is 31.1 Å². The number of imidazole rings is 1. The van der Waals surface area contributed by atoms with Gasteiger partial charge in [-0.15, -0.1) is 0 Å². The molecule has 1 aliphatic rings. The number of piperazine rings is 1. The highest BCUT2D eigenvalue weighted by molar-refractivity contribution is 5.98. The molecule has 9 nitrogen and oxygen atoms in total. The number of anilines is 1. The van der Waals surface area contributed by atoms with Crippen LogP contribution in [-0.2, 0) is 18.4 Å². The second-order valence-corrected chi connectivity index (χ2v) is 6.71. The maximum Gasteiger partial charge on any atom is 0.246 e. The van der Waals surface area contributed by atoms with Gasteiger partial charge >= 0.3 is 0 Å². The largest absolute Gasteiger partial charge is 0.356 e. The Morgan fingerprint density at radius 3 is 2.89 bits per heavy atom. The van der Waals surface area contributed by atoms with Crippen LogP contribution in [0.5, 0.6) is 0 Å². The van der Waals surface area contributed by atoms with Crippen molar-refractivity contribution >= 4 is 23.2 Å². The van der Waals surface area contributed by atoms with Gasteiger partial charge in [0.1, 0.15) is 12.2 Å². The van der Waals surface area contributed by atoms with E-state index in [0.29, 0.717) is 19.6 Å². The standard InChI is InChI=1S/C19H24N8O/c1-3-20-19(21-10-15-12-25-7-5-4-6-17(25)23-15)26-8-9-27(18(28)14-26)16-11-22-24(2)13-16/h4-7,11-13H,3,8-10,14H2,1-2H3,(H,20,21). The van der Waals surface area contributed by atoms with Gasteiger partial charge in [0.25, 0.3) is 0 Å². The van der Waals surface area contributed by atoms with Crippen LogP contribution in [0.2, 0.25) is 0 Å². The van der Waals surface area contributed by atoms with Crippen molar-refractivity contribution in [1.82, 2.24) is 29.4 Å². The molecule has 0 aliphatic carbocycles. The fourth-order valence-electron chi connectivity index (χ4n) is 3.32. The summed E-state index contributed by atoms with van der Waals surface area (Å²) >= 11 is 0. The van der Waals surface area contributed by atoms with Gasteiger partial charge in [0, 0.05) is 45.3 Å². The SMILES string of the molecule is CCNC(=NCc1cn2ccccc2n1)N1CCN(c2cnn(C)c2)C(=O)C1. The van der Waals surface area contributed by atoms with Gasteiger partial charge in [-0.1, -0.05) is 6.07 Å². The van der Waals surface area contributed by atoms with Gasteiger partial charge in [-0.2, -0.15) is 5.10 Å². The molecule has 1 N–H and O–H groups in total. The van der Waals surface area contributed by atoms with Crippen LogP contribution in [-0.4, -0.2) is 62.1 Å². The van der Waals surface area contributed by atoms with Crippen LogP contribution in [0.3, 0.4) is 0 Å². The number of aromatic nitrogens is 4. The monoisotopic (exact) mass is 380 g/mol. The molecule has 0 spiro atoms. The molecule has 4 heterocycles. The van der Waals surface area contributed by atoms with Gasteiger partial charge in [0.2, 0.25) is 5.91 Å². The van der Waals surface area contributed by atoms with Crippen LogP contribution in [0.25, 0.3) is 5.65 Å². The smallest absolute Gasteiger partial charge is 0.246 e. The number of rotatable bonds is 4. The highest BCUT2D eigenvalue weighted by Crippen LogP contribution is 2.16. The first-order valence-corrected chi connectivity index (χ1v) is 9.39. The van der Waals surface area contributed by atoms with Crippen LogP contribution in [0.4, 0.5) is 5.69 Å². The summed E-state index contributed by atoms with van der Waals surface area (Å²) in [5.41, 5.74) is 2.62. The van der Waals surface area contributed by atoms with Crippen LogP contribution in [0.15, 0.2) is 48.0 Å². The van der Waals surface area contributed by atoms with E-state index < -0.39 is 0 Å². The summed E-state index contributed by atoms with van der Waals surface area (Å²) in [6, 6.07) is 5.90. The van der Waals surface area contributed by atoms with E-state index in [4.69, 9.17) is 4.99 Å². The van der Waals surface area contributed by atoms with Gasteiger partial charge in [-0.25, -0.2) is 9.98 Å². The number of hydrogen-bond acceptors (Lipinski definition) is 4. The topological polar surface area (TPSA) is 83.1 Å². The first kappa shape index (κ1) is 18.0. The number of pyridine rings is 1. The Morgan fingerprint density at radius 2 is 2.18 bits per heavy atom. The lowest BCUT2D eigenvalue weighted by molar-refractivity contribution is -0.120. The molecule has 146 valence electrons. The van der Waals surface area contributed by atoms with Crippen molar-refractivity contribution in [2.45, 2.75) is 13.5 Å². The molecule has 0 saturated carbocycles. The number of aliphatic imine (C=N–C) groups is 1. The number of carbonyl (C=O) groups is 1. The molecule has 28 heavy (non-hydrogen) atoms. The maximum atomic E-state index is 12.7. The van der Waals surface area contributed by atoms with E-state index in [9.17, 15) is 4.79 Å². The highest BCUT2D eigenvalue weighted by atomic mass is 16.2. The molecule has 0 unspecified atom stereocenters. The Balaban J connectivity index is 1.46. The molecule has 1 aliphatic heterocycles. The van der Waals surface area contributed by atoms with E-state index in [1.165, 1.54) is 0 Å². The lowest BCUT2D eigenvalue weighted by Gasteiger charge is -2.35.